The molecule has 0 saturated carbocycles. The van der Waals surface area contributed by atoms with Crippen molar-refractivity contribution in [1.82, 2.24) is 0 Å². The molecule has 1 atom stereocenters. The van der Waals surface area contributed by atoms with Gasteiger partial charge in [-0.15, -0.1) is 0 Å². The number of benzene rings is 1. The summed E-state index contributed by atoms with van der Waals surface area (Å²) in [7, 11) is 0. The second kappa shape index (κ2) is 6.04. The zero-order valence-corrected chi connectivity index (χ0v) is 11.2. The summed E-state index contributed by atoms with van der Waals surface area (Å²) in [4.78, 5) is 0. The number of anilines is 2. The molecule has 0 fully saturated rings. The van der Waals surface area contributed by atoms with Crippen LogP contribution >= 0.6 is 0 Å². The number of nitrogens with two attached hydrogens (primary N) is 1. The predicted octanol–water partition coefficient (Wildman–Crippen LogP) is 3.81. The summed E-state index contributed by atoms with van der Waals surface area (Å²) in [5, 5.41) is 2.76. The fourth-order valence-corrected chi connectivity index (χ4v) is 1.69. The van der Waals surface area contributed by atoms with Gasteiger partial charge in [-0.1, -0.05) is 6.07 Å². The lowest BCUT2D eigenvalue weighted by atomic mass is 10.2. The molecule has 1 unspecified atom stereocenters. The molecule has 3 nitrogen and oxygen atoms in total. The number of hydrogen-bond donors (Lipinski definition) is 2. The van der Waals surface area contributed by atoms with Gasteiger partial charge >= 0.3 is 6.18 Å². The maximum Gasteiger partial charge on any atom is 0.391 e. The van der Waals surface area contributed by atoms with E-state index in [4.69, 9.17) is 10.5 Å². The number of ether oxygens (including phenoxy) is 1. The molecule has 1 aromatic carbocycles. The highest BCUT2D eigenvalue weighted by Crippen LogP contribution is 2.32. The molecule has 0 spiro atoms. The van der Waals surface area contributed by atoms with Crippen molar-refractivity contribution in [3.63, 3.8) is 0 Å². The summed E-state index contributed by atoms with van der Waals surface area (Å²) in [6.45, 7) is 5.17. The van der Waals surface area contributed by atoms with Crippen molar-refractivity contribution in [3.8, 4) is 5.75 Å². The first-order chi connectivity index (χ1) is 8.69. The van der Waals surface area contributed by atoms with Crippen LogP contribution < -0.4 is 15.8 Å². The molecule has 0 aliphatic heterocycles. The molecular formula is C13H19F3N2O. The zero-order valence-electron chi connectivity index (χ0n) is 11.2. The molecule has 1 aromatic rings. The molecule has 0 heterocycles. The summed E-state index contributed by atoms with van der Waals surface area (Å²) in [6, 6.07) is 4.26. The highest BCUT2D eigenvalue weighted by molar-refractivity contribution is 5.73. The SMILES string of the molecule is CC(CC(F)(F)F)Nc1cccc(OC(C)C)c1N. The topological polar surface area (TPSA) is 47.3 Å². The zero-order chi connectivity index (χ0) is 14.6. The van der Waals surface area contributed by atoms with Crippen LogP contribution in [0.15, 0.2) is 18.2 Å². The average molecular weight is 276 g/mol. The molecule has 0 bridgehead atoms. The van der Waals surface area contributed by atoms with Gasteiger partial charge in [-0.05, 0) is 32.9 Å². The first kappa shape index (κ1) is 15.5. The lowest BCUT2D eigenvalue weighted by Gasteiger charge is -2.20. The molecule has 0 radical (unpaired) electrons. The molecule has 0 aliphatic carbocycles. The van der Waals surface area contributed by atoms with E-state index in [0.717, 1.165) is 0 Å². The number of nitrogens with one attached hydrogen (secondary N) is 1. The lowest BCUT2D eigenvalue weighted by Crippen LogP contribution is -2.24. The van der Waals surface area contributed by atoms with Crippen LogP contribution in [0.5, 0.6) is 5.75 Å². The number of nitrogen functional groups attached to an aromatic ring is 1. The van der Waals surface area contributed by atoms with Gasteiger partial charge in [0.05, 0.1) is 23.9 Å². The molecule has 6 heteroatoms. The van der Waals surface area contributed by atoms with Crippen molar-refractivity contribution >= 4 is 11.4 Å². The smallest absolute Gasteiger partial charge is 0.391 e. The van der Waals surface area contributed by atoms with Crippen LogP contribution in [0.25, 0.3) is 0 Å². The Bertz CT molecular complexity index is 419. The number of para-hydroxylation sites is 1. The van der Waals surface area contributed by atoms with Crippen molar-refractivity contribution in [2.24, 2.45) is 0 Å². The first-order valence-corrected chi connectivity index (χ1v) is 6.07. The van der Waals surface area contributed by atoms with E-state index in [1.165, 1.54) is 6.92 Å². The van der Waals surface area contributed by atoms with Gasteiger partial charge in [0.1, 0.15) is 5.75 Å². The van der Waals surface area contributed by atoms with Gasteiger partial charge in [-0.25, -0.2) is 0 Å². The Hall–Kier alpha value is -1.59. The van der Waals surface area contributed by atoms with Crippen molar-refractivity contribution in [3.05, 3.63) is 18.2 Å². The second-order valence-electron chi connectivity index (χ2n) is 4.75. The van der Waals surface area contributed by atoms with Crippen LogP contribution in [0.1, 0.15) is 27.2 Å². The molecule has 0 aromatic heterocycles. The van der Waals surface area contributed by atoms with Gasteiger partial charge in [-0.2, -0.15) is 13.2 Å². The fraction of sp³-hybridized carbons (Fsp3) is 0.538. The molecule has 0 saturated heterocycles. The van der Waals surface area contributed by atoms with E-state index >= 15 is 0 Å². The van der Waals surface area contributed by atoms with Crippen LogP contribution in [0, 0.1) is 0 Å². The maximum absolute atomic E-state index is 12.3. The van der Waals surface area contributed by atoms with E-state index in [1.807, 2.05) is 13.8 Å². The van der Waals surface area contributed by atoms with Gasteiger partial charge < -0.3 is 15.8 Å². The lowest BCUT2D eigenvalue weighted by molar-refractivity contribution is -0.136. The minimum absolute atomic E-state index is 0.0508. The second-order valence-corrected chi connectivity index (χ2v) is 4.75. The quantitative estimate of drug-likeness (QED) is 0.804. The van der Waals surface area contributed by atoms with Gasteiger partial charge in [0.2, 0.25) is 0 Å². The van der Waals surface area contributed by atoms with Crippen molar-refractivity contribution in [2.45, 2.75) is 45.5 Å². The van der Waals surface area contributed by atoms with Crippen LogP contribution in [-0.2, 0) is 0 Å². The summed E-state index contributed by atoms with van der Waals surface area (Å²) in [6.07, 6.45) is -5.17. The van der Waals surface area contributed by atoms with Gasteiger partial charge in [-0.3, -0.25) is 0 Å². The molecule has 1 rings (SSSR count). The first-order valence-electron chi connectivity index (χ1n) is 6.07. The summed E-state index contributed by atoms with van der Waals surface area (Å²) in [5.41, 5.74) is 6.65. The minimum Gasteiger partial charge on any atom is -0.489 e. The highest BCUT2D eigenvalue weighted by Gasteiger charge is 2.30. The third-order valence-corrected chi connectivity index (χ3v) is 2.37. The third-order valence-electron chi connectivity index (χ3n) is 2.37. The Labute approximate surface area is 110 Å². The fourth-order valence-electron chi connectivity index (χ4n) is 1.69. The Kier molecular flexibility index (Phi) is 4.91. The summed E-state index contributed by atoms with van der Waals surface area (Å²) >= 11 is 0. The number of alkyl halides is 3. The molecule has 19 heavy (non-hydrogen) atoms. The normalized spacial score (nSPS) is 13.4. The third kappa shape index (κ3) is 5.28. The Morgan fingerprint density at radius 2 is 1.89 bits per heavy atom. The Morgan fingerprint density at radius 1 is 1.26 bits per heavy atom. The summed E-state index contributed by atoms with van der Waals surface area (Å²) < 4.78 is 42.3. The Balaban J connectivity index is 2.79. The minimum atomic E-state index is -4.20. The van der Waals surface area contributed by atoms with E-state index in [-0.39, 0.29) is 6.10 Å². The van der Waals surface area contributed by atoms with Crippen molar-refractivity contribution in [2.75, 3.05) is 11.1 Å². The number of hydrogen-bond acceptors (Lipinski definition) is 3. The van der Waals surface area contributed by atoms with Gasteiger partial charge in [0.25, 0.3) is 0 Å². The van der Waals surface area contributed by atoms with Crippen LogP contribution in [-0.4, -0.2) is 18.3 Å². The number of rotatable bonds is 5. The van der Waals surface area contributed by atoms with Crippen LogP contribution in [0.3, 0.4) is 0 Å². The monoisotopic (exact) mass is 276 g/mol. The highest BCUT2D eigenvalue weighted by atomic mass is 19.4. The van der Waals surface area contributed by atoms with Crippen molar-refractivity contribution in [1.29, 1.82) is 0 Å². The maximum atomic E-state index is 12.3. The Morgan fingerprint density at radius 3 is 2.42 bits per heavy atom. The van der Waals surface area contributed by atoms with Crippen molar-refractivity contribution < 1.29 is 17.9 Å². The standard InChI is InChI=1S/C13H19F3N2O/c1-8(2)19-11-6-4-5-10(12(11)17)18-9(3)7-13(14,15)16/h4-6,8-9,18H,7,17H2,1-3H3. The number of halogens is 3. The van der Waals surface area contributed by atoms with E-state index in [1.54, 1.807) is 18.2 Å². The van der Waals surface area contributed by atoms with Gasteiger partial charge in [0.15, 0.2) is 0 Å². The summed E-state index contributed by atoms with van der Waals surface area (Å²) in [5.74, 6) is 0.471. The molecule has 108 valence electrons. The van der Waals surface area contributed by atoms with E-state index in [0.29, 0.717) is 17.1 Å². The largest absolute Gasteiger partial charge is 0.489 e. The molecule has 3 N–H and O–H groups in total. The van der Waals surface area contributed by atoms with E-state index in [9.17, 15) is 13.2 Å². The van der Waals surface area contributed by atoms with E-state index < -0.39 is 18.6 Å². The predicted molar refractivity (Wildman–Crippen MR) is 70.4 cm³/mol. The van der Waals surface area contributed by atoms with E-state index in [2.05, 4.69) is 5.32 Å². The molecular weight excluding hydrogens is 257 g/mol. The molecule has 0 aliphatic rings. The average Bonchev–Trinajstić information content (AvgIpc) is 2.20. The molecule has 0 amide bonds. The van der Waals surface area contributed by atoms with Gasteiger partial charge in [0, 0.05) is 6.04 Å². The van der Waals surface area contributed by atoms with Crippen LogP contribution in [0.4, 0.5) is 24.5 Å². The van der Waals surface area contributed by atoms with Crippen LogP contribution in [0.2, 0.25) is 0 Å².